The van der Waals surface area contributed by atoms with Gasteiger partial charge in [0.1, 0.15) is 22.6 Å². The summed E-state index contributed by atoms with van der Waals surface area (Å²) in [4.78, 5) is 26.3. The molecule has 148 valence electrons. The maximum atomic E-state index is 12.7. The van der Waals surface area contributed by atoms with Crippen molar-refractivity contribution >= 4 is 34.1 Å². The van der Waals surface area contributed by atoms with Crippen LogP contribution in [0.2, 0.25) is 0 Å². The molecule has 0 spiro atoms. The van der Waals surface area contributed by atoms with Gasteiger partial charge in [-0.1, -0.05) is 0 Å². The normalized spacial score (nSPS) is 15.4. The third-order valence-electron chi connectivity index (χ3n) is 5.40. The topological polar surface area (TPSA) is 66.9 Å². The predicted molar refractivity (Wildman–Crippen MR) is 116 cm³/mol. The van der Waals surface area contributed by atoms with Crippen molar-refractivity contribution in [3.05, 3.63) is 53.3 Å². The molecule has 4 heterocycles. The van der Waals surface area contributed by atoms with Gasteiger partial charge in [0, 0.05) is 55.6 Å². The summed E-state index contributed by atoms with van der Waals surface area (Å²) in [6.07, 6.45) is 5.49. The van der Waals surface area contributed by atoms with E-state index in [4.69, 9.17) is 4.42 Å². The van der Waals surface area contributed by atoms with E-state index in [9.17, 15) is 4.79 Å². The van der Waals surface area contributed by atoms with Gasteiger partial charge in [-0.05, 0) is 31.5 Å². The van der Waals surface area contributed by atoms with Crippen LogP contribution in [-0.4, -0.2) is 58.8 Å². The number of nitrogens with zero attached hydrogens (tertiary/aromatic N) is 5. The molecule has 3 aromatic heterocycles. The Balaban J connectivity index is 1.53. The number of rotatable bonds is 3. The Kier molecular flexibility index (Phi) is 4.52. The Bertz CT molecular complexity index is 1260. The van der Waals surface area contributed by atoms with E-state index >= 15 is 0 Å². The van der Waals surface area contributed by atoms with E-state index in [1.54, 1.807) is 18.1 Å². The molecule has 1 aliphatic heterocycles. The Morgan fingerprint density at radius 3 is 2.72 bits per heavy atom. The number of hydrogen-bond acceptors (Lipinski definition) is 7. The van der Waals surface area contributed by atoms with Crippen LogP contribution in [0.5, 0.6) is 0 Å². The number of anilines is 1. The van der Waals surface area contributed by atoms with Gasteiger partial charge < -0.3 is 14.2 Å². The highest BCUT2D eigenvalue weighted by molar-refractivity contribution is 7.98. The molecule has 7 nitrogen and oxygen atoms in total. The van der Waals surface area contributed by atoms with Crippen LogP contribution in [-0.2, 0) is 0 Å². The summed E-state index contributed by atoms with van der Waals surface area (Å²) in [5.74, 6) is 0. The van der Waals surface area contributed by atoms with Crippen LogP contribution in [0.4, 0.5) is 5.69 Å². The minimum atomic E-state index is -0.380. The Morgan fingerprint density at radius 1 is 1.10 bits per heavy atom. The third kappa shape index (κ3) is 3.38. The van der Waals surface area contributed by atoms with Gasteiger partial charge in [-0.3, -0.25) is 4.40 Å². The number of imidazole rings is 1. The largest absolute Gasteiger partial charge is 0.422 e. The lowest BCUT2D eigenvalue weighted by molar-refractivity contribution is 0.313. The lowest BCUT2D eigenvalue weighted by Crippen LogP contribution is -2.44. The van der Waals surface area contributed by atoms with Crippen LogP contribution >= 0.6 is 11.8 Å². The monoisotopic (exact) mass is 407 g/mol. The second kappa shape index (κ2) is 7.20. The lowest BCUT2D eigenvalue weighted by Gasteiger charge is -2.34. The van der Waals surface area contributed by atoms with Crippen LogP contribution in [0.25, 0.3) is 27.9 Å². The van der Waals surface area contributed by atoms with Crippen LogP contribution in [0, 0.1) is 0 Å². The van der Waals surface area contributed by atoms with Crippen molar-refractivity contribution in [2.75, 3.05) is 44.4 Å². The molecule has 0 amide bonds. The van der Waals surface area contributed by atoms with Gasteiger partial charge in [0.2, 0.25) is 0 Å². The smallest absolute Gasteiger partial charge is 0.345 e. The van der Waals surface area contributed by atoms with Crippen molar-refractivity contribution in [2.24, 2.45) is 0 Å². The number of fused-ring (bicyclic) bond motifs is 2. The van der Waals surface area contributed by atoms with Crippen molar-refractivity contribution in [3.8, 4) is 11.3 Å². The highest BCUT2D eigenvalue weighted by Crippen LogP contribution is 2.26. The average Bonchev–Trinajstić information content (AvgIpc) is 3.16. The van der Waals surface area contributed by atoms with E-state index in [1.165, 1.54) is 0 Å². The zero-order valence-electron chi connectivity index (χ0n) is 16.3. The van der Waals surface area contributed by atoms with E-state index < -0.39 is 0 Å². The predicted octanol–water partition coefficient (Wildman–Crippen LogP) is 2.98. The zero-order chi connectivity index (χ0) is 20.0. The molecule has 0 unspecified atom stereocenters. The van der Waals surface area contributed by atoms with Crippen molar-refractivity contribution in [1.29, 1.82) is 0 Å². The minimum absolute atomic E-state index is 0.380. The highest BCUT2D eigenvalue weighted by atomic mass is 32.2. The molecule has 0 radical (unpaired) electrons. The molecule has 4 aromatic rings. The second-order valence-electron chi connectivity index (χ2n) is 7.28. The van der Waals surface area contributed by atoms with Gasteiger partial charge in [0.15, 0.2) is 0 Å². The standard InChI is InChI=1S/C21H21N5O2S/c1-24-5-7-25(8-6-24)15-4-3-14-9-16(21(27)28-18(14)10-15)17-12-26-13-22-20(29-2)11-19(26)23-17/h3-4,9-13H,5-8H2,1-2H3. The number of benzene rings is 1. The van der Waals surface area contributed by atoms with Gasteiger partial charge >= 0.3 is 5.63 Å². The van der Waals surface area contributed by atoms with Gasteiger partial charge in [0.05, 0.1) is 11.3 Å². The Labute approximate surface area is 172 Å². The molecule has 1 saturated heterocycles. The van der Waals surface area contributed by atoms with Gasteiger partial charge in [-0.25, -0.2) is 14.8 Å². The first-order valence-corrected chi connectivity index (χ1v) is 10.7. The van der Waals surface area contributed by atoms with Crippen LogP contribution in [0.3, 0.4) is 0 Å². The average molecular weight is 407 g/mol. The first kappa shape index (κ1) is 18.2. The molecule has 1 aromatic carbocycles. The van der Waals surface area contributed by atoms with Crippen molar-refractivity contribution in [2.45, 2.75) is 5.03 Å². The highest BCUT2D eigenvalue weighted by Gasteiger charge is 2.16. The molecule has 1 fully saturated rings. The first-order valence-electron chi connectivity index (χ1n) is 9.51. The number of aromatic nitrogens is 3. The lowest BCUT2D eigenvalue weighted by atomic mass is 10.1. The molecule has 0 saturated carbocycles. The van der Waals surface area contributed by atoms with Gasteiger partial charge in [-0.2, -0.15) is 0 Å². The van der Waals surface area contributed by atoms with Gasteiger partial charge in [0.25, 0.3) is 0 Å². The maximum Gasteiger partial charge on any atom is 0.345 e. The van der Waals surface area contributed by atoms with Crippen molar-refractivity contribution < 1.29 is 4.42 Å². The maximum absolute atomic E-state index is 12.7. The molecular weight excluding hydrogens is 386 g/mol. The summed E-state index contributed by atoms with van der Waals surface area (Å²) in [7, 11) is 2.13. The number of thioether (sulfide) groups is 1. The molecule has 0 bridgehead atoms. The molecule has 8 heteroatoms. The molecule has 0 N–H and O–H groups in total. The van der Waals surface area contributed by atoms with E-state index in [1.807, 2.05) is 41.1 Å². The van der Waals surface area contributed by atoms with Gasteiger partial charge in [-0.15, -0.1) is 11.8 Å². The molecule has 5 rings (SSSR count). The summed E-state index contributed by atoms with van der Waals surface area (Å²) in [5, 5.41) is 1.77. The van der Waals surface area contributed by atoms with Crippen LogP contribution in [0.15, 0.2) is 57.1 Å². The summed E-state index contributed by atoms with van der Waals surface area (Å²) in [6.45, 7) is 4.00. The minimum Gasteiger partial charge on any atom is -0.422 e. The van der Waals surface area contributed by atoms with Crippen molar-refractivity contribution in [1.82, 2.24) is 19.3 Å². The summed E-state index contributed by atoms with van der Waals surface area (Å²) < 4.78 is 7.49. The summed E-state index contributed by atoms with van der Waals surface area (Å²) in [5.41, 5.74) is 3.11. The van der Waals surface area contributed by atoms with E-state index in [-0.39, 0.29) is 5.63 Å². The number of likely N-dealkylation sites (N-methyl/N-ethyl adjacent to an activating group) is 1. The van der Waals surface area contributed by atoms with Crippen LogP contribution in [0.1, 0.15) is 0 Å². The summed E-state index contributed by atoms with van der Waals surface area (Å²) >= 11 is 1.56. The first-order chi connectivity index (χ1) is 14.1. The molecule has 29 heavy (non-hydrogen) atoms. The summed E-state index contributed by atoms with van der Waals surface area (Å²) in [6, 6.07) is 9.83. The van der Waals surface area contributed by atoms with Crippen LogP contribution < -0.4 is 10.5 Å². The fourth-order valence-corrected chi connectivity index (χ4v) is 4.03. The Morgan fingerprint density at radius 2 is 1.93 bits per heavy atom. The third-order valence-corrected chi connectivity index (χ3v) is 6.04. The second-order valence-corrected chi connectivity index (χ2v) is 8.11. The fourth-order valence-electron chi connectivity index (χ4n) is 3.66. The zero-order valence-corrected chi connectivity index (χ0v) is 17.1. The molecular formula is C21H21N5O2S. The molecule has 0 atom stereocenters. The van der Waals surface area contributed by atoms with E-state index in [0.717, 1.165) is 47.9 Å². The SMILES string of the molecule is CSc1cc2nc(-c3cc4ccc(N5CCN(C)CC5)cc4oc3=O)cn2cn1. The van der Waals surface area contributed by atoms with E-state index in [2.05, 4.69) is 32.9 Å². The molecule has 1 aliphatic rings. The van der Waals surface area contributed by atoms with Crippen molar-refractivity contribution in [3.63, 3.8) is 0 Å². The number of hydrogen-bond donors (Lipinski definition) is 0. The fraction of sp³-hybridized carbons (Fsp3) is 0.286. The quantitative estimate of drug-likeness (QED) is 0.294. The molecule has 0 aliphatic carbocycles. The number of piperazine rings is 1. The Hall–Kier alpha value is -2.84. The van der Waals surface area contributed by atoms with E-state index in [0.29, 0.717) is 16.8 Å².